The van der Waals surface area contributed by atoms with Crippen molar-refractivity contribution < 1.29 is 0 Å². The van der Waals surface area contributed by atoms with Crippen LogP contribution in [0.15, 0.2) is 12.3 Å². The van der Waals surface area contributed by atoms with Crippen LogP contribution in [0.2, 0.25) is 0 Å². The van der Waals surface area contributed by atoms with Crippen molar-refractivity contribution >= 4 is 23.8 Å². The minimum absolute atomic E-state index is 0.433. The van der Waals surface area contributed by atoms with Crippen molar-refractivity contribution in [1.29, 1.82) is 0 Å². The van der Waals surface area contributed by atoms with E-state index in [1.807, 2.05) is 0 Å². The van der Waals surface area contributed by atoms with E-state index < -0.39 is 0 Å². The van der Waals surface area contributed by atoms with E-state index in [1.165, 1.54) is 16.9 Å². The summed E-state index contributed by atoms with van der Waals surface area (Å²) in [5, 5.41) is 0. The first-order chi connectivity index (χ1) is 8.98. The third-order valence-electron chi connectivity index (χ3n) is 3.77. The number of pyridine rings is 1. The van der Waals surface area contributed by atoms with Crippen LogP contribution < -0.4 is 4.90 Å². The highest BCUT2D eigenvalue weighted by molar-refractivity contribution is 7.96. The fourth-order valence-corrected chi connectivity index (χ4v) is 3.36. The van der Waals surface area contributed by atoms with E-state index in [9.17, 15) is 0 Å². The van der Waals surface area contributed by atoms with Gasteiger partial charge in [-0.25, -0.2) is 4.98 Å². The first-order valence-corrected chi connectivity index (χ1v) is 7.91. The monoisotopic (exact) mass is 275 g/mol. The fourth-order valence-electron chi connectivity index (χ4n) is 2.91. The molecule has 4 heteroatoms. The van der Waals surface area contributed by atoms with E-state index in [0.717, 1.165) is 25.3 Å². The van der Waals surface area contributed by atoms with Crippen molar-refractivity contribution in [2.75, 3.05) is 24.2 Å². The van der Waals surface area contributed by atoms with Gasteiger partial charge in [0.25, 0.3) is 0 Å². The molecule has 1 fully saturated rings. The van der Waals surface area contributed by atoms with E-state index in [-0.39, 0.29) is 0 Å². The van der Waals surface area contributed by atoms with Crippen LogP contribution in [0.5, 0.6) is 0 Å². The number of hydrogen-bond donors (Lipinski definition) is 0. The molecule has 3 rings (SSSR count). The molecule has 0 atom stereocenters. The summed E-state index contributed by atoms with van der Waals surface area (Å²) in [6.45, 7) is 9.90. The molecule has 1 aromatic heterocycles. The SMILES string of the molecule is CSN1C=Cc2cc(C)nc(N3CC(C)(C)C3)c2C1. The Morgan fingerprint density at radius 2 is 2.05 bits per heavy atom. The minimum Gasteiger partial charge on any atom is -0.355 e. The smallest absolute Gasteiger partial charge is 0.134 e. The molecule has 0 aliphatic carbocycles. The second kappa shape index (κ2) is 4.44. The molecule has 1 saturated heterocycles. The lowest BCUT2D eigenvalue weighted by molar-refractivity contribution is 0.273. The van der Waals surface area contributed by atoms with Gasteiger partial charge in [0.05, 0.1) is 6.54 Å². The molecule has 0 amide bonds. The number of aromatic nitrogens is 1. The van der Waals surface area contributed by atoms with Gasteiger partial charge in [0, 0.05) is 36.8 Å². The zero-order chi connectivity index (χ0) is 13.6. The summed E-state index contributed by atoms with van der Waals surface area (Å²) >= 11 is 1.76. The van der Waals surface area contributed by atoms with Gasteiger partial charge in [0.2, 0.25) is 0 Å². The summed E-state index contributed by atoms with van der Waals surface area (Å²) in [5.41, 5.74) is 4.25. The van der Waals surface area contributed by atoms with E-state index in [2.05, 4.69) is 54.6 Å². The van der Waals surface area contributed by atoms with Gasteiger partial charge in [0.15, 0.2) is 0 Å². The van der Waals surface area contributed by atoms with Crippen LogP contribution in [-0.4, -0.2) is 28.6 Å². The highest BCUT2D eigenvalue weighted by Crippen LogP contribution is 2.37. The molecule has 0 N–H and O–H groups in total. The molecule has 2 aliphatic rings. The molecule has 2 aliphatic heterocycles. The Balaban J connectivity index is 1.97. The maximum atomic E-state index is 4.80. The standard InChI is InChI=1S/C15H21N3S/c1-11-7-12-5-6-18(19-4)8-13(12)14(16-11)17-9-15(2,3)10-17/h5-7H,8-10H2,1-4H3. The van der Waals surface area contributed by atoms with Crippen molar-refractivity contribution in [1.82, 2.24) is 9.29 Å². The van der Waals surface area contributed by atoms with Gasteiger partial charge in [0.1, 0.15) is 5.82 Å². The molecule has 19 heavy (non-hydrogen) atoms. The van der Waals surface area contributed by atoms with Gasteiger partial charge in [-0.15, -0.1) is 0 Å². The summed E-state index contributed by atoms with van der Waals surface area (Å²) < 4.78 is 2.26. The number of aryl methyl sites for hydroxylation is 1. The second-order valence-corrected chi connectivity index (χ2v) is 7.08. The van der Waals surface area contributed by atoms with Crippen LogP contribution in [0.25, 0.3) is 6.08 Å². The molecule has 0 radical (unpaired) electrons. The molecule has 3 nitrogen and oxygen atoms in total. The van der Waals surface area contributed by atoms with Crippen molar-refractivity contribution in [2.24, 2.45) is 5.41 Å². The number of hydrogen-bond acceptors (Lipinski definition) is 4. The highest BCUT2D eigenvalue weighted by Gasteiger charge is 2.36. The molecular weight excluding hydrogens is 254 g/mol. The van der Waals surface area contributed by atoms with Crippen LogP contribution in [0.3, 0.4) is 0 Å². The summed E-state index contributed by atoms with van der Waals surface area (Å²) in [5.74, 6) is 1.19. The van der Waals surface area contributed by atoms with Crippen molar-refractivity contribution in [2.45, 2.75) is 27.3 Å². The molecule has 0 spiro atoms. The Bertz CT molecular complexity index is 528. The van der Waals surface area contributed by atoms with Gasteiger partial charge in [-0.1, -0.05) is 25.8 Å². The summed E-state index contributed by atoms with van der Waals surface area (Å²) in [4.78, 5) is 7.22. The summed E-state index contributed by atoms with van der Waals surface area (Å²) in [6, 6.07) is 2.19. The molecule has 102 valence electrons. The fraction of sp³-hybridized carbons (Fsp3) is 0.533. The minimum atomic E-state index is 0.433. The van der Waals surface area contributed by atoms with Gasteiger partial charge < -0.3 is 9.21 Å². The Hall–Kier alpha value is -1.16. The maximum absolute atomic E-state index is 4.80. The lowest BCUT2D eigenvalue weighted by Crippen LogP contribution is -2.53. The molecule has 3 heterocycles. The predicted octanol–water partition coefficient (Wildman–Crippen LogP) is 3.30. The zero-order valence-corrected chi connectivity index (χ0v) is 12.9. The van der Waals surface area contributed by atoms with Crippen molar-refractivity contribution in [3.8, 4) is 0 Å². The number of anilines is 1. The second-order valence-electron chi connectivity index (χ2n) is 6.25. The zero-order valence-electron chi connectivity index (χ0n) is 12.1. The maximum Gasteiger partial charge on any atom is 0.134 e. The first-order valence-electron chi connectivity index (χ1n) is 6.73. The normalized spacial score (nSPS) is 20.2. The highest BCUT2D eigenvalue weighted by atomic mass is 32.2. The molecule has 0 bridgehead atoms. The molecule has 0 aromatic carbocycles. The van der Waals surface area contributed by atoms with Crippen LogP contribution in [0.1, 0.15) is 30.7 Å². The topological polar surface area (TPSA) is 19.4 Å². The lowest BCUT2D eigenvalue weighted by atomic mass is 9.84. The van der Waals surface area contributed by atoms with Gasteiger partial charge >= 0.3 is 0 Å². The predicted molar refractivity (Wildman–Crippen MR) is 83.1 cm³/mol. The lowest BCUT2D eigenvalue weighted by Gasteiger charge is -2.47. The number of rotatable bonds is 2. The average Bonchev–Trinajstić information content (AvgIpc) is 2.34. The van der Waals surface area contributed by atoms with E-state index in [0.29, 0.717) is 5.41 Å². The Morgan fingerprint density at radius 1 is 1.32 bits per heavy atom. The van der Waals surface area contributed by atoms with Crippen LogP contribution in [0.4, 0.5) is 5.82 Å². The van der Waals surface area contributed by atoms with Crippen molar-refractivity contribution in [3.63, 3.8) is 0 Å². The van der Waals surface area contributed by atoms with Gasteiger partial charge in [-0.2, -0.15) is 0 Å². The van der Waals surface area contributed by atoms with Crippen LogP contribution in [-0.2, 0) is 6.54 Å². The quantitative estimate of drug-likeness (QED) is 0.771. The van der Waals surface area contributed by atoms with Gasteiger partial charge in [-0.05, 0) is 30.0 Å². The largest absolute Gasteiger partial charge is 0.355 e. The Labute approximate surface area is 119 Å². The number of nitrogens with zero attached hydrogens (tertiary/aromatic N) is 3. The number of fused-ring (bicyclic) bond motifs is 1. The third-order valence-corrected chi connectivity index (χ3v) is 4.49. The van der Waals surface area contributed by atoms with E-state index >= 15 is 0 Å². The summed E-state index contributed by atoms with van der Waals surface area (Å²) in [6.07, 6.45) is 6.48. The van der Waals surface area contributed by atoms with Crippen LogP contribution >= 0.6 is 11.9 Å². The Morgan fingerprint density at radius 3 is 2.68 bits per heavy atom. The molecule has 0 unspecified atom stereocenters. The Kier molecular flexibility index (Phi) is 3.01. The van der Waals surface area contributed by atoms with Gasteiger partial charge in [-0.3, -0.25) is 0 Å². The first kappa shape index (κ1) is 12.9. The third kappa shape index (κ3) is 2.34. The van der Waals surface area contributed by atoms with Crippen molar-refractivity contribution in [3.05, 3.63) is 29.1 Å². The van der Waals surface area contributed by atoms with E-state index in [4.69, 9.17) is 4.98 Å². The molecular formula is C15H21N3S. The van der Waals surface area contributed by atoms with E-state index in [1.54, 1.807) is 11.9 Å². The van der Waals surface area contributed by atoms with Crippen LogP contribution in [0, 0.1) is 12.3 Å². The summed E-state index contributed by atoms with van der Waals surface area (Å²) in [7, 11) is 0. The molecule has 0 saturated carbocycles. The average molecular weight is 275 g/mol. The molecule has 1 aromatic rings.